The fourth-order valence-corrected chi connectivity index (χ4v) is 3.53. The van der Waals surface area contributed by atoms with Crippen molar-refractivity contribution >= 4 is 5.91 Å². The number of amides is 1. The van der Waals surface area contributed by atoms with E-state index in [1.54, 1.807) is 14.2 Å². The smallest absolute Gasteiger partial charge is 0.261 e. The molecule has 2 aromatic rings. The van der Waals surface area contributed by atoms with Crippen LogP contribution in [0.4, 0.5) is 0 Å². The second-order valence-corrected chi connectivity index (χ2v) is 6.64. The van der Waals surface area contributed by atoms with Gasteiger partial charge in [0.15, 0.2) is 6.61 Å². The van der Waals surface area contributed by atoms with E-state index in [2.05, 4.69) is 6.92 Å². The van der Waals surface area contributed by atoms with Crippen molar-refractivity contribution < 1.29 is 19.0 Å². The van der Waals surface area contributed by atoms with E-state index in [9.17, 15) is 4.79 Å². The second kappa shape index (κ2) is 8.80. The van der Waals surface area contributed by atoms with Crippen LogP contribution >= 0.6 is 0 Å². The van der Waals surface area contributed by atoms with Crippen LogP contribution in [0.25, 0.3) is 0 Å². The molecule has 0 saturated carbocycles. The number of hydrogen-bond donors (Lipinski definition) is 0. The van der Waals surface area contributed by atoms with Crippen LogP contribution in [0.1, 0.15) is 36.9 Å². The quantitative estimate of drug-likeness (QED) is 0.740. The molecule has 0 aliphatic carbocycles. The van der Waals surface area contributed by atoms with Gasteiger partial charge < -0.3 is 19.1 Å². The number of aryl methyl sites for hydroxylation is 1. The molecule has 0 bridgehead atoms. The summed E-state index contributed by atoms with van der Waals surface area (Å²) >= 11 is 0. The minimum absolute atomic E-state index is 0.00410. The van der Waals surface area contributed by atoms with Crippen molar-refractivity contribution in [3.05, 3.63) is 53.6 Å². The molecular formula is C22H27NO4. The summed E-state index contributed by atoms with van der Waals surface area (Å²) in [6, 6.07) is 13.6. The third kappa shape index (κ3) is 4.35. The summed E-state index contributed by atoms with van der Waals surface area (Å²) in [6.45, 7) is 2.89. The van der Waals surface area contributed by atoms with E-state index in [0.717, 1.165) is 48.6 Å². The Hall–Kier alpha value is -2.69. The largest absolute Gasteiger partial charge is 0.497 e. The Labute approximate surface area is 160 Å². The van der Waals surface area contributed by atoms with E-state index >= 15 is 0 Å². The number of carbonyl (C=O) groups excluding carboxylic acids is 1. The van der Waals surface area contributed by atoms with Crippen molar-refractivity contribution in [2.24, 2.45) is 0 Å². The van der Waals surface area contributed by atoms with E-state index in [1.807, 2.05) is 47.4 Å². The fraction of sp³-hybridized carbons (Fsp3) is 0.409. The summed E-state index contributed by atoms with van der Waals surface area (Å²) in [5.41, 5.74) is 2.26. The number of ether oxygens (including phenoxy) is 3. The lowest BCUT2D eigenvalue weighted by atomic mass is 10.0. The van der Waals surface area contributed by atoms with Gasteiger partial charge in [-0.05, 0) is 49.1 Å². The van der Waals surface area contributed by atoms with Crippen LogP contribution in [-0.4, -0.2) is 38.2 Å². The molecule has 0 aromatic heterocycles. The Morgan fingerprint density at radius 3 is 2.48 bits per heavy atom. The molecular weight excluding hydrogens is 342 g/mol. The lowest BCUT2D eigenvalue weighted by molar-refractivity contribution is -0.134. The van der Waals surface area contributed by atoms with Crippen molar-refractivity contribution in [1.82, 2.24) is 4.90 Å². The van der Waals surface area contributed by atoms with Crippen LogP contribution in [0.5, 0.6) is 17.2 Å². The lowest BCUT2D eigenvalue weighted by Gasteiger charge is -2.26. The molecule has 144 valence electrons. The highest BCUT2D eigenvalue weighted by molar-refractivity contribution is 5.78. The Bertz CT molecular complexity index is 772. The molecule has 1 aliphatic heterocycles. The van der Waals surface area contributed by atoms with E-state index in [0.29, 0.717) is 0 Å². The maximum atomic E-state index is 12.8. The SMILES string of the molecule is CCc1ccc(OCC(=O)N2CCCC2c2ccc(OC)cc2OC)cc1. The maximum absolute atomic E-state index is 12.8. The number of likely N-dealkylation sites (tertiary alicyclic amines) is 1. The molecule has 5 nitrogen and oxygen atoms in total. The van der Waals surface area contributed by atoms with Gasteiger partial charge in [-0.1, -0.05) is 19.1 Å². The third-order valence-corrected chi connectivity index (χ3v) is 5.07. The second-order valence-electron chi connectivity index (χ2n) is 6.64. The first-order chi connectivity index (χ1) is 13.2. The average molecular weight is 369 g/mol. The standard InChI is InChI=1S/C22H27NO4/c1-4-16-7-9-17(10-8-16)27-15-22(24)23-13-5-6-20(23)19-12-11-18(25-2)14-21(19)26-3/h7-12,14,20H,4-6,13,15H2,1-3H3. The van der Waals surface area contributed by atoms with Gasteiger partial charge in [-0.2, -0.15) is 0 Å². The molecule has 1 atom stereocenters. The summed E-state index contributed by atoms with van der Waals surface area (Å²) in [5.74, 6) is 2.20. The Balaban J connectivity index is 1.69. The molecule has 0 radical (unpaired) electrons. The first-order valence-corrected chi connectivity index (χ1v) is 9.39. The molecule has 1 heterocycles. The van der Waals surface area contributed by atoms with Crippen LogP contribution < -0.4 is 14.2 Å². The highest BCUT2D eigenvalue weighted by Gasteiger charge is 2.32. The summed E-state index contributed by atoms with van der Waals surface area (Å²) in [5, 5.41) is 0. The number of rotatable bonds is 7. The highest BCUT2D eigenvalue weighted by atomic mass is 16.5. The molecule has 1 unspecified atom stereocenters. The first kappa shape index (κ1) is 19.1. The molecule has 1 fully saturated rings. The zero-order valence-corrected chi connectivity index (χ0v) is 16.2. The van der Waals surface area contributed by atoms with Crippen molar-refractivity contribution in [2.75, 3.05) is 27.4 Å². The number of methoxy groups -OCH3 is 2. The van der Waals surface area contributed by atoms with Gasteiger partial charge in [-0.15, -0.1) is 0 Å². The predicted octanol–water partition coefficient (Wildman–Crippen LogP) is 4.01. The topological polar surface area (TPSA) is 48.0 Å². The zero-order valence-electron chi connectivity index (χ0n) is 16.2. The van der Waals surface area contributed by atoms with Crippen LogP contribution in [-0.2, 0) is 11.2 Å². The Morgan fingerprint density at radius 1 is 1.07 bits per heavy atom. The molecule has 27 heavy (non-hydrogen) atoms. The zero-order chi connectivity index (χ0) is 19.2. The molecule has 0 spiro atoms. The Kier molecular flexibility index (Phi) is 6.22. The summed E-state index contributed by atoms with van der Waals surface area (Å²) in [7, 11) is 3.27. The highest BCUT2D eigenvalue weighted by Crippen LogP contribution is 2.38. The van der Waals surface area contributed by atoms with Gasteiger partial charge in [0.1, 0.15) is 17.2 Å². The minimum atomic E-state index is -0.00469. The van der Waals surface area contributed by atoms with Gasteiger partial charge in [-0.25, -0.2) is 0 Å². The third-order valence-electron chi connectivity index (χ3n) is 5.07. The number of hydrogen-bond acceptors (Lipinski definition) is 4. The summed E-state index contributed by atoms with van der Waals surface area (Å²) < 4.78 is 16.5. The summed E-state index contributed by atoms with van der Waals surface area (Å²) in [6.07, 6.45) is 2.87. The minimum Gasteiger partial charge on any atom is -0.497 e. The summed E-state index contributed by atoms with van der Waals surface area (Å²) in [4.78, 5) is 14.7. The van der Waals surface area contributed by atoms with E-state index < -0.39 is 0 Å². The van der Waals surface area contributed by atoms with Gasteiger partial charge in [-0.3, -0.25) is 4.79 Å². The molecule has 5 heteroatoms. The number of nitrogens with zero attached hydrogens (tertiary/aromatic N) is 1. The van der Waals surface area contributed by atoms with Gasteiger partial charge in [0.2, 0.25) is 0 Å². The van der Waals surface area contributed by atoms with Crippen molar-refractivity contribution in [1.29, 1.82) is 0 Å². The predicted molar refractivity (Wildman–Crippen MR) is 105 cm³/mol. The van der Waals surface area contributed by atoms with Crippen LogP contribution in [0.2, 0.25) is 0 Å². The van der Waals surface area contributed by atoms with Gasteiger partial charge >= 0.3 is 0 Å². The van der Waals surface area contributed by atoms with E-state index in [1.165, 1.54) is 5.56 Å². The average Bonchev–Trinajstić information content (AvgIpc) is 3.21. The van der Waals surface area contributed by atoms with Gasteiger partial charge in [0, 0.05) is 18.2 Å². The molecule has 2 aromatic carbocycles. The molecule has 0 N–H and O–H groups in total. The Morgan fingerprint density at radius 2 is 1.81 bits per heavy atom. The maximum Gasteiger partial charge on any atom is 0.261 e. The van der Waals surface area contributed by atoms with Crippen LogP contribution in [0, 0.1) is 0 Å². The van der Waals surface area contributed by atoms with Gasteiger partial charge in [0.05, 0.1) is 20.3 Å². The van der Waals surface area contributed by atoms with E-state index in [4.69, 9.17) is 14.2 Å². The molecule has 3 rings (SSSR count). The number of benzene rings is 2. The van der Waals surface area contributed by atoms with Crippen molar-refractivity contribution in [3.8, 4) is 17.2 Å². The molecule has 1 aliphatic rings. The van der Waals surface area contributed by atoms with Crippen LogP contribution in [0.15, 0.2) is 42.5 Å². The number of carbonyl (C=O) groups is 1. The van der Waals surface area contributed by atoms with Gasteiger partial charge in [0.25, 0.3) is 5.91 Å². The first-order valence-electron chi connectivity index (χ1n) is 9.39. The van der Waals surface area contributed by atoms with E-state index in [-0.39, 0.29) is 18.6 Å². The monoisotopic (exact) mass is 369 g/mol. The lowest BCUT2D eigenvalue weighted by Crippen LogP contribution is -2.34. The molecule has 1 saturated heterocycles. The van der Waals surface area contributed by atoms with Crippen LogP contribution in [0.3, 0.4) is 0 Å². The fourth-order valence-electron chi connectivity index (χ4n) is 3.53. The normalized spacial score (nSPS) is 16.3. The van der Waals surface area contributed by atoms with Crippen molar-refractivity contribution in [2.45, 2.75) is 32.2 Å². The molecule has 1 amide bonds. The van der Waals surface area contributed by atoms with Crippen molar-refractivity contribution in [3.63, 3.8) is 0 Å².